The van der Waals surface area contributed by atoms with Gasteiger partial charge in [-0.15, -0.1) is 0 Å². The van der Waals surface area contributed by atoms with E-state index < -0.39 is 16.9 Å². The predicted octanol–water partition coefficient (Wildman–Crippen LogP) is 2.17. The molecule has 1 saturated carbocycles. The molecule has 3 rings (SSSR count). The van der Waals surface area contributed by atoms with Crippen molar-refractivity contribution in [2.45, 2.75) is 46.1 Å². The monoisotopic (exact) mass is 386 g/mol. The number of methoxy groups -OCH3 is 1. The Morgan fingerprint density at radius 3 is 2.57 bits per heavy atom. The predicted molar refractivity (Wildman–Crippen MR) is 105 cm³/mol. The minimum absolute atomic E-state index is 0.215. The summed E-state index contributed by atoms with van der Waals surface area (Å²) >= 11 is 0. The molecule has 3 atom stereocenters. The molecule has 6 heteroatoms. The van der Waals surface area contributed by atoms with Crippen LogP contribution in [0.3, 0.4) is 0 Å². The zero-order chi connectivity index (χ0) is 20.5. The molecule has 0 aromatic heterocycles. The zero-order valence-corrected chi connectivity index (χ0v) is 17.2. The Balaban J connectivity index is 1.94. The van der Waals surface area contributed by atoms with Gasteiger partial charge in [0.1, 0.15) is 6.04 Å². The lowest BCUT2D eigenvalue weighted by Crippen LogP contribution is -2.64. The first-order chi connectivity index (χ1) is 13.2. The number of benzene rings is 1. The normalized spacial score (nSPS) is 27.0. The highest BCUT2D eigenvalue weighted by atomic mass is 16.5. The second-order valence-electron chi connectivity index (χ2n) is 8.65. The number of amides is 3. The Hall–Kier alpha value is -2.21. The van der Waals surface area contributed by atoms with E-state index >= 15 is 0 Å². The van der Waals surface area contributed by atoms with Gasteiger partial charge in [0, 0.05) is 26.0 Å². The highest BCUT2D eigenvalue weighted by molar-refractivity contribution is 6.07. The van der Waals surface area contributed by atoms with Gasteiger partial charge in [0.25, 0.3) is 0 Å². The van der Waals surface area contributed by atoms with Gasteiger partial charge < -0.3 is 10.1 Å². The molecule has 2 aliphatic rings. The van der Waals surface area contributed by atoms with Gasteiger partial charge in [-0.3, -0.25) is 19.3 Å². The van der Waals surface area contributed by atoms with Gasteiger partial charge in [0.2, 0.25) is 17.7 Å². The Labute approximate surface area is 166 Å². The highest BCUT2D eigenvalue weighted by Crippen LogP contribution is 2.60. The number of hydrogen-bond donors (Lipinski definition) is 1. The molecule has 2 bridgehead atoms. The van der Waals surface area contributed by atoms with Crippen LogP contribution in [0.15, 0.2) is 30.3 Å². The fourth-order valence-corrected chi connectivity index (χ4v) is 4.68. The van der Waals surface area contributed by atoms with Crippen molar-refractivity contribution >= 4 is 17.7 Å². The summed E-state index contributed by atoms with van der Waals surface area (Å²) in [5.41, 5.74) is -0.119. The van der Waals surface area contributed by atoms with Crippen LogP contribution in [-0.4, -0.2) is 48.9 Å². The third kappa shape index (κ3) is 3.24. The first-order valence-corrected chi connectivity index (χ1v) is 9.92. The van der Waals surface area contributed by atoms with Crippen LogP contribution in [0.2, 0.25) is 0 Å². The first kappa shape index (κ1) is 20.5. The fraction of sp³-hybridized carbons (Fsp3) is 0.591. The van der Waals surface area contributed by atoms with E-state index in [2.05, 4.69) is 5.32 Å². The maximum Gasteiger partial charge on any atom is 0.243 e. The molecule has 3 amide bonds. The number of piperidine rings is 1. The Bertz CT molecular complexity index is 761. The minimum Gasteiger partial charge on any atom is -0.383 e. The molecular weight excluding hydrogens is 356 g/mol. The van der Waals surface area contributed by atoms with E-state index in [1.54, 1.807) is 7.11 Å². The Kier molecular flexibility index (Phi) is 5.62. The third-order valence-corrected chi connectivity index (χ3v) is 6.94. The second kappa shape index (κ2) is 7.66. The van der Waals surface area contributed by atoms with Gasteiger partial charge in [0.15, 0.2) is 0 Å². The van der Waals surface area contributed by atoms with E-state index in [0.717, 1.165) is 5.56 Å². The first-order valence-electron chi connectivity index (χ1n) is 9.92. The van der Waals surface area contributed by atoms with Crippen molar-refractivity contribution in [2.24, 2.45) is 16.7 Å². The largest absolute Gasteiger partial charge is 0.383 e. The number of carbonyl (C=O) groups is 3. The molecule has 1 heterocycles. The summed E-state index contributed by atoms with van der Waals surface area (Å²) in [6.45, 7) is 6.66. The Morgan fingerprint density at radius 1 is 1.25 bits per heavy atom. The smallest absolute Gasteiger partial charge is 0.243 e. The quantitative estimate of drug-likeness (QED) is 0.576. The fourth-order valence-electron chi connectivity index (χ4n) is 4.68. The van der Waals surface area contributed by atoms with Crippen LogP contribution in [0.5, 0.6) is 0 Å². The molecule has 1 aliphatic heterocycles. The molecule has 28 heavy (non-hydrogen) atoms. The van der Waals surface area contributed by atoms with Gasteiger partial charge in [-0.25, -0.2) is 0 Å². The lowest BCUT2D eigenvalue weighted by atomic mass is 9.62. The van der Waals surface area contributed by atoms with Gasteiger partial charge in [-0.1, -0.05) is 51.1 Å². The Morgan fingerprint density at radius 2 is 1.93 bits per heavy atom. The number of fused-ring (bicyclic) bond motifs is 2. The molecule has 1 saturated heterocycles. The summed E-state index contributed by atoms with van der Waals surface area (Å²) in [6.07, 6.45) is 1.67. The van der Waals surface area contributed by atoms with Crippen LogP contribution in [0.25, 0.3) is 0 Å². The molecule has 3 unspecified atom stereocenters. The van der Waals surface area contributed by atoms with Crippen LogP contribution in [-0.2, 0) is 25.5 Å². The van der Waals surface area contributed by atoms with Gasteiger partial charge in [-0.2, -0.15) is 0 Å². The van der Waals surface area contributed by atoms with E-state index in [0.29, 0.717) is 32.4 Å². The molecule has 1 aromatic rings. The number of carbonyl (C=O) groups excluding carboxylic acids is 3. The van der Waals surface area contributed by atoms with Crippen LogP contribution < -0.4 is 5.32 Å². The van der Waals surface area contributed by atoms with Crippen LogP contribution in [0, 0.1) is 16.7 Å². The van der Waals surface area contributed by atoms with E-state index in [1.165, 1.54) is 4.90 Å². The second-order valence-corrected chi connectivity index (χ2v) is 8.65. The van der Waals surface area contributed by atoms with Crippen molar-refractivity contribution in [3.05, 3.63) is 35.9 Å². The van der Waals surface area contributed by atoms with Crippen molar-refractivity contribution in [3.8, 4) is 0 Å². The van der Waals surface area contributed by atoms with E-state index in [-0.39, 0.29) is 23.6 Å². The summed E-state index contributed by atoms with van der Waals surface area (Å²) in [6, 6.07) is 8.66. The topological polar surface area (TPSA) is 75.7 Å². The van der Waals surface area contributed by atoms with Crippen molar-refractivity contribution in [1.29, 1.82) is 0 Å². The third-order valence-electron chi connectivity index (χ3n) is 6.94. The lowest BCUT2D eigenvalue weighted by Gasteiger charge is -2.49. The van der Waals surface area contributed by atoms with Crippen LogP contribution in [0.4, 0.5) is 0 Å². The van der Waals surface area contributed by atoms with Crippen LogP contribution >= 0.6 is 0 Å². The molecule has 2 fully saturated rings. The minimum atomic E-state index is -0.852. The molecule has 152 valence electrons. The summed E-state index contributed by atoms with van der Waals surface area (Å²) in [7, 11) is 1.56. The highest BCUT2D eigenvalue weighted by Gasteiger charge is 2.65. The van der Waals surface area contributed by atoms with Gasteiger partial charge >= 0.3 is 0 Å². The maximum atomic E-state index is 13.5. The standard InChI is InChI=1S/C22H30N2O4/c1-21(2)16-10-11-22(21,3)20(27)24(19(16)26)17(18(25)23-12-13-28-4)14-15-8-6-5-7-9-15/h5-9,16-17H,10-14H2,1-4H3,(H,23,25). The number of likely N-dealkylation sites (tertiary alicyclic amines) is 1. The number of ether oxygens (including phenoxy) is 1. The number of rotatable bonds is 7. The number of imide groups is 1. The van der Waals surface area contributed by atoms with E-state index in [4.69, 9.17) is 4.74 Å². The molecule has 6 nitrogen and oxygen atoms in total. The van der Waals surface area contributed by atoms with Crippen molar-refractivity contribution in [1.82, 2.24) is 10.2 Å². The van der Waals surface area contributed by atoms with Gasteiger partial charge in [0.05, 0.1) is 12.0 Å². The molecule has 0 spiro atoms. The zero-order valence-electron chi connectivity index (χ0n) is 17.2. The average molecular weight is 386 g/mol. The van der Waals surface area contributed by atoms with Crippen molar-refractivity contribution in [2.75, 3.05) is 20.3 Å². The molecule has 1 N–H and O–H groups in total. The van der Waals surface area contributed by atoms with Gasteiger partial charge in [-0.05, 0) is 23.8 Å². The average Bonchev–Trinajstić information content (AvgIpc) is 2.85. The molecule has 1 aromatic carbocycles. The summed E-state index contributed by atoms with van der Waals surface area (Å²) in [5.74, 6) is -0.988. The maximum absolute atomic E-state index is 13.5. The number of hydrogen-bond acceptors (Lipinski definition) is 4. The summed E-state index contributed by atoms with van der Waals surface area (Å²) in [5, 5.41) is 2.82. The SMILES string of the molecule is COCCNC(=O)C(Cc1ccccc1)N1C(=O)C2CCC(C)(C1=O)C2(C)C. The van der Waals surface area contributed by atoms with E-state index in [1.807, 2.05) is 51.1 Å². The van der Waals surface area contributed by atoms with Crippen molar-refractivity contribution < 1.29 is 19.1 Å². The lowest BCUT2D eigenvalue weighted by molar-refractivity contribution is -0.173. The number of nitrogens with one attached hydrogen (secondary N) is 1. The molecule has 1 aliphatic carbocycles. The van der Waals surface area contributed by atoms with Crippen molar-refractivity contribution in [3.63, 3.8) is 0 Å². The summed E-state index contributed by atoms with van der Waals surface area (Å²) < 4.78 is 5.00. The van der Waals surface area contributed by atoms with Crippen LogP contribution in [0.1, 0.15) is 39.2 Å². The summed E-state index contributed by atoms with van der Waals surface area (Å²) in [4.78, 5) is 41.1. The number of nitrogens with zero attached hydrogens (tertiary/aromatic N) is 1. The van der Waals surface area contributed by atoms with E-state index in [9.17, 15) is 14.4 Å². The molecular formula is C22H30N2O4. The molecule has 0 radical (unpaired) electrons.